The number of rotatable bonds is 8. The van der Waals surface area contributed by atoms with Crippen LogP contribution < -0.4 is 26.6 Å². The number of carbonyl (C=O) groups excluding carboxylic acids is 1. The predicted molar refractivity (Wildman–Crippen MR) is 126 cm³/mol. The third-order valence-corrected chi connectivity index (χ3v) is 5.22. The third kappa shape index (κ3) is 6.27. The van der Waals surface area contributed by atoms with E-state index in [1.807, 2.05) is 24.9 Å². The van der Waals surface area contributed by atoms with Crippen molar-refractivity contribution < 1.29 is 9.90 Å². The Hall–Kier alpha value is -2.98. The Morgan fingerprint density at radius 3 is 2.62 bits per heavy atom. The Bertz CT molecular complexity index is 959. The number of amides is 1. The predicted octanol–water partition coefficient (Wildman–Crippen LogP) is 1.64. The Morgan fingerprint density at radius 2 is 2.00 bits per heavy atom. The van der Waals surface area contributed by atoms with Gasteiger partial charge in [-0.3, -0.25) is 4.79 Å². The van der Waals surface area contributed by atoms with Crippen LogP contribution >= 0.6 is 0 Å². The summed E-state index contributed by atoms with van der Waals surface area (Å²) in [5.41, 5.74) is 7.53. The average Bonchev–Trinajstić information content (AvgIpc) is 3.15. The molecule has 1 aromatic carbocycles. The van der Waals surface area contributed by atoms with Gasteiger partial charge in [0.1, 0.15) is 0 Å². The lowest BCUT2D eigenvalue weighted by molar-refractivity contribution is 0.100. The zero-order chi connectivity index (χ0) is 23.5. The maximum absolute atomic E-state index is 11.6. The molecule has 1 aliphatic heterocycles. The second-order valence-corrected chi connectivity index (χ2v) is 9.58. The Balaban J connectivity index is 1.91. The van der Waals surface area contributed by atoms with E-state index in [2.05, 4.69) is 51.7 Å². The van der Waals surface area contributed by atoms with Crippen molar-refractivity contribution in [3.05, 3.63) is 29.3 Å². The van der Waals surface area contributed by atoms with Crippen LogP contribution in [0.1, 0.15) is 43.1 Å². The van der Waals surface area contributed by atoms with Crippen LogP contribution in [0.2, 0.25) is 0 Å². The highest BCUT2D eigenvalue weighted by atomic mass is 16.3. The number of nitrogens with two attached hydrogens (primary N) is 1. The number of nitrogens with zero attached hydrogens (tertiary/aromatic N) is 4. The van der Waals surface area contributed by atoms with Gasteiger partial charge in [0.2, 0.25) is 23.8 Å². The van der Waals surface area contributed by atoms with Gasteiger partial charge in [0.05, 0.1) is 6.61 Å². The summed E-state index contributed by atoms with van der Waals surface area (Å²) in [6, 6.07) is 5.38. The van der Waals surface area contributed by atoms with Crippen LogP contribution in [0.3, 0.4) is 0 Å². The van der Waals surface area contributed by atoms with Gasteiger partial charge in [-0.05, 0) is 36.5 Å². The number of primary amides is 1. The molecule has 0 spiro atoms. The highest BCUT2D eigenvalue weighted by Crippen LogP contribution is 2.24. The van der Waals surface area contributed by atoms with E-state index in [1.54, 1.807) is 12.1 Å². The molecule has 1 fully saturated rings. The Kier molecular flexibility index (Phi) is 7.15. The van der Waals surface area contributed by atoms with Gasteiger partial charge in [0.25, 0.3) is 0 Å². The summed E-state index contributed by atoms with van der Waals surface area (Å²) in [5, 5.41) is 19.2. The summed E-state index contributed by atoms with van der Waals surface area (Å²) in [7, 11) is 1.95. The maximum atomic E-state index is 11.6. The summed E-state index contributed by atoms with van der Waals surface area (Å²) in [6.07, 6.45) is 0.776. The minimum atomic E-state index is -0.496. The van der Waals surface area contributed by atoms with Gasteiger partial charge >= 0.3 is 0 Å². The smallest absolute Gasteiger partial charge is 0.248 e. The molecule has 0 bridgehead atoms. The fourth-order valence-corrected chi connectivity index (χ4v) is 3.72. The normalized spacial score (nSPS) is 18.4. The molecule has 32 heavy (non-hydrogen) atoms. The van der Waals surface area contributed by atoms with Crippen LogP contribution in [0.25, 0.3) is 0 Å². The van der Waals surface area contributed by atoms with E-state index in [0.717, 1.165) is 18.5 Å². The van der Waals surface area contributed by atoms with Gasteiger partial charge in [-0.1, -0.05) is 26.8 Å². The maximum Gasteiger partial charge on any atom is 0.248 e. The lowest BCUT2D eigenvalue weighted by Crippen LogP contribution is -2.31. The van der Waals surface area contributed by atoms with Crippen LogP contribution in [-0.2, 0) is 0 Å². The standard InChI is InChI=1S/C22H34N8O2/c1-13-6-7-14(18(23)32)8-17(13)26-20-27-19(25-15-9-16(11-31)24-10-15)28-21(29-20)30(5)12-22(2,3)4/h6-8,15-16,24,31H,9-12H2,1-5H3,(H2,23,32)(H2,25,26,27,28,29)/t15-,16-/m0/s1. The number of hydrogen-bond acceptors (Lipinski definition) is 9. The van der Waals surface area contributed by atoms with Crippen LogP contribution in [0, 0.1) is 12.3 Å². The van der Waals surface area contributed by atoms with Crippen LogP contribution in [0.4, 0.5) is 23.5 Å². The molecule has 2 atom stereocenters. The topological polar surface area (TPSA) is 141 Å². The summed E-state index contributed by atoms with van der Waals surface area (Å²) < 4.78 is 0. The van der Waals surface area contributed by atoms with E-state index in [0.29, 0.717) is 35.6 Å². The molecule has 174 valence electrons. The van der Waals surface area contributed by atoms with Crippen molar-refractivity contribution in [2.24, 2.45) is 11.1 Å². The zero-order valence-corrected chi connectivity index (χ0v) is 19.4. The van der Waals surface area contributed by atoms with Gasteiger partial charge in [0, 0.05) is 43.5 Å². The molecule has 2 aromatic rings. The van der Waals surface area contributed by atoms with Crippen molar-refractivity contribution in [3.8, 4) is 0 Å². The molecule has 2 heterocycles. The number of aryl methyl sites for hydroxylation is 1. The number of aliphatic hydroxyl groups excluding tert-OH is 1. The number of benzene rings is 1. The first-order valence-electron chi connectivity index (χ1n) is 10.8. The molecular formula is C22H34N8O2. The summed E-state index contributed by atoms with van der Waals surface area (Å²) in [6.45, 7) is 9.95. The number of nitrogens with one attached hydrogen (secondary N) is 3. The third-order valence-electron chi connectivity index (χ3n) is 5.22. The molecule has 1 amide bonds. The molecule has 0 radical (unpaired) electrons. The molecule has 10 heteroatoms. The molecule has 1 saturated heterocycles. The summed E-state index contributed by atoms with van der Waals surface area (Å²) >= 11 is 0. The van der Waals surface area contributed by atoms with Gasteiger partial charge in [-0.15, -0.1) is 0 Å². The van der Waals surface area contributed by atoms with Crippen molar-refractivity contribution in [2.75, 3.05) is 42.3 Å². The highest BCUT2D eigenvalue weighted by Gasteiger charge is 2.25. The fourth-order valence-electron chi connectivity index (χ4n) is 3.72. The molecule has 3 rings (SSSR count). The largest absolute Gasteiger partial charge is 0.395 e. The van der Waals surface area contributed by atoms with E-state index in [1.165, 1.54) is 0 Å². The summed E-state index contributed by atoms with van der Waals surface area (Å²) in [5.74, 6) is 0.858. The van der Waals surface area contributed by atoms with Gasteiger partial charge in [-0.25, -0.2) is 0 Å². The second kappa shape index (κ2) is 9.66. The number of anilines is 4. The lowest BCUT2D eigenvalue weighted by atomic mass is 9.96. The van der Waals surface area contributed by atoms with Crippen molar-refractivity contribution >= 4 is 29.4 Å². The molecule has 0 unspecified atom stereocenters. The highest BCUT2D eigenvalue weighted by molar-refractivity contribution is 5.94. The van der Waals surface area contributed by atoms with Crippen molar-refractivity contribution in [1.29, 1.82) is 0 Å². The zero-order valence-electron chi connectivity index (χ0n) is 19.4. The molecule has 10 nitrogen and oxygen atoms in total. The Morgan fingerprint density at radius 1 is 1.28 bits per heavy atom. The molecule has 1 aromatic heterocycles. The van der Waals surface area contributed by atoms with Crippen LogP contribution in [-0.4, -0.2) is 64.8 Å². The monoisotopic (exact) mass is 442 g/mol. The summed E-state index contributed by atoms with van der Waals surface area (Å²) in [4.78, 5) is 27.4. The lowest BCUT2D eigenvalue weighted by Gasteiger charge is -2.27. The first kappa shape index (κ1) is 23.7. The van der Waals surface area contributed by atoms with Gasteiger partial charge in [-0.2, -0.15) is 15.0 Å². The number of aliphatic hydroxyl groups is 1. The average molecular weight is 443 g/mol. The fraction of sp³-hybridized carbons (Fsp3) is 0.545. The SMILES string of the molecule is Cc1ccc(C(N)=O)cc1Nc1nc(N[C@@H]2CN[C@H](CO)C2)nc(N(C)CC(C)(C)C)n1. The number of hydrogen-bond donors (Lipinski definition) is 5. The number of aromatic nitrogens is 3. The molecule has 1 aliphatic rings. The van der Waals surface area contributed by atoms with Crippen LogP contribution in [0.5, 0.6) is 0 Å². The molecule has 6 N–H and O–H groups in total. The molecular weight excluding hydrogens is 408 g/mol. The van der Waals surface area contributed by atoms with Gasteiger partial charge in [0.15, 0.2) is 0 Å². The van der Waals surface area contributed by atoms with Crippen LogP contribution in [0.15, 0.2) is 18.2 Å². The molecule has 0 saturated carbocycles. The van der Waals surface area contributed by atoms with E-state index < -0.39 is 5.91 Å². The first-order chi connectivity index (χ1) is 15.0. The van der Waals surface area contributed by atoms with Crippen molar-refractivity contribution in [1.82, 2.24) is 20.3 Å². The second-order valence-electron chi connectivity index (χ2n) is 9.58. The van der Waals surface area contributed by atoms with E-state index in [4.69, 9.17) is 5.73 Å². The minimum Gasteiger partial charge on any atom is -0.395 e. The van der Waals surface area contributed by atoms with Crippen molar-refractivity contribution in [2.45, 2.75) is 46.2 Å². The van der Waals surface area contributed by atoms with Gasteiger partial charge < -0.3 is 31.7 Å². The van der Waals surface area contributed by atoms with Crippen molar-refractivity contribution in [3.63, 3.8) is 0 Å². The molecule has 0 aliphatic carbocycles. The quantitative estimate of drug-likeness (QED) is 0.412. The minimum absolute atomic E-state index is 0.0543. The van der Waals surface area contributed by atoms with E-state index >= 15 is 0 Å². The van der Waals surface area contributed by atoms with E-state index in [9.17, 15) is 9.90 Å². The number of carbonyl (C=O) groups is 1. The van der Waals surface area contributed by atoms with E-state index in [-0.39, 0.29) is 24.1 Å². The first-order valence-corrected chi connectivity index (χ1v) is 10.8. The Labute approximate surface area is 189 Å².